The molecule has 8 nitrogen and oxygen atoms in total. The van der Waals surface area contributed by atoms with Crippen molar-refractivity contribution >= 4 is 11.8 Å². The number of ether oxygens (including phenoxy) is 1. The van der Waals surface area contributed by atoms with Crippen LogP contribution in [0.25, 0.3) is 0 Å². The molecule has 0 saturated carbocycles. The zero-order valence-corrected chi connectivity index (χ0v) is 13.6. The minimum absolute atomic E-state index is 0.579. The van der Waals surface area contributed by atoms with Gasteiger partial charge in [0.15, 0.2) is 5.82 Å². The van der Waals surface area contributed by atoms with E-state index in [4.69, 9.17) is 4.74 Å². The fourth-order valence-corrected chi connectivity index (χ4v) is 2.23. The highest BCUT2D eigenvalue weighted by atomic mass is 16.5. The number of nitrogens with zero attached hydrogens (tertiary/aromatic N) is 5. The van der Waals surface area contributed by atoms with E-state index in [0.717, 1.165) is 64.7 Å². The lowest BCUT2D eigenvalue weighted by molar-refractivity contribution is 0.0398. The summed E-state index contributed by atoms with van der Waals surface area (Å²) in [6, 6.07) is 0. The number of anilines is 2. The van der Waals surface area contributed by atoms with E-state index in [1.54, 1.807) is 6.20 Å². The summed E-state index contributed by atoms with van der Waals surface area (Å²) >= 11 is 0. The number of hydrogen-bond donors (Lipinski definition) is 2. The zero-order valence-electron chi connectivity index (χ0n) is 13.6. The smallest absolute Gasteiger partial charge is 0.244 e. The summed E-state index contributed by atoms with van der Waals surface area (Å²) in [5, 5.41) is 14.5. The number of hydrogen-bond acceptors (Lipinski definition) is 8. The van der Waals surface area contributed by atoms with Crippen molar-refractivity contribution in [1.29, 1.82) is 0 Å². The molecule has 1 aliphatic rings. The van der Waals surface area contributed by atoms with E-state index in [1.807, 2.05) is 0 Å². The lowest BCUT2D eigenvalue weighted by Crippen LogP contribution is -2.39. The Morgan fingerprint density at radius 2 is 2.05 bits per heavy atom. The Hall–Kier alpha value is -1.51. The molecule has 0 aromatic carbocycles. The fourth-order valence-electron chi connectivity index (χ4n) is 2.23. The molecule has 0 aliphatic carbocycles. The number of rotatable bonds is 9. The molecule has 8 heteroatoms. The van der Waals surface area contributed by atoms with E-state index >= 15 is 0 Å². The van der Waals surface area contributed by atoms with Crippen molar-refractivity contribution in [3.63, 3.8) is 0 Å². The molecule has 0 spiro atoms. The van der Waals surface area contributed by atoms with Crippen molar-refractivity contribution in [2.24, 2.45) is 0 Å². The van der Waals surface area contributed by atoms with Crippen LogP contribution < -0.4 is 10.6 Å². The quantitative estimate of drug-likeness (QED) is 0.616. The molecule has 0 amide bonds. The molecule has 1 aliphatic heterocycles. The summed E-state index contributed by atoms with van der Waals surface area (Å²) in [4.78, 5) is 8.96. The second-order valence-electron chi connectivity index (χ2n) is 5.63. The van der Waals surface area contributed by atoms with Crippen LogP contribution in [0.2, 0.25) is 0 Å². The van der Waals surface area contributed by atoms with Crippen LogP contribution in [0, 0.1) is 0 Å². The summed E-state index contributed by atoms with van der Waals surface area (Å²) in [7, 11) is 4.13. The van der Waals surface area contributed by atoms with Crippen LogP contribution >= 0.6 is 0 Å². The van der Waals surface area contributed by atoms with Gasteiger partial charge in [0, 0.05) is 32.7 Å². The van der Waals surface area contributed by atoms with Gasteiger partial charge < -0.3 is 20.3 Å². The molecule has 1 aromatic rings. The molecule has 2 heterocycles. The highest BCUT2D eigenvalue weighted by Crippen LogP contribution is 2.04. The maximum Gasteiger partial charge on any atom is 0.244 e. The molecule has 22 heavy (non-hydrogen) atoms. The number of morpholine rings is 1. The van der Waals surface area contributed by atoms with Crippen LogP contribution in [0.5, 0.6) is 0 Å². The van der Waals surface area contributed by atoms with Crippen LogP contribution in [0.3, 0.4) is 0 Å². The van der Waals surface area contributed by atoms with Gasteiger partial charge in [-0.05, 0) is 27.1 Å². The van der Waals surface area contributed by atoms with E-state index in [1.165, 1.54) is 0 Å². The first kappa shape index (κ1) is 16.9. The molecule has 0 atom stereocenters. The Morgan fingerprint density at radius 1 is 1.23 bits per heavy atom. The topological polar surface area (TPSA) is 78.4 Å². The Balaban J connectivity index is 1.66. The summed E-state index contributed by atoms with van der Waals surface area (Å²) in [5.74, 6) is 1.34. The minimum Gasteiger partial charge on any atom is -0.379 e. The first-order chi connectivity index (χ1) is 10.7. The first-order valence-electron chi connectivity index (χ1n) is 7.86. The predicted octanol–water partition coefficient (Wildman–Crippen LogP) is -0.0207. The van der Waals surface area contributed by atoms with Crippen molar-refractivity contribution < 1.29 is 4.74 Å². The Labute approximate surface area is 132 Å². The van der Waals surface area contributed by atoms with Crippen molar-refractivity contribution in [1.82, 2.24) is 25.0 Å². The van der Waals surface area contributed by atoms with Gasteiger partial charge >= 0.3 is 0 Å². The zero-order chi connectivity index (χ0) is 15.6. The average molecular weight is 309 g/mol. The maximum absolute atomic E-state index is 5.34. The first-order valence-corrected chi connectivity index (χ1v) is 7.86. The monoisotopic (exact) mass is 309 g/mol. The normalized spacial score (nSPS) is 16.0. The van der Waals surface area contributed by atoms with Gasteiger partial charge in [-0.1, -0.05) is 0 Å². The third-order valence-corrected chi connectivity index (χ3v) is 3.46. The van der Waals surface area contributed by atoms with Crippen molar-refractivity contribution in [2.75, 3.05) is 77.2 Å². The van der Waals surface area contributed by atoms with Gasteiger partial charge in [-0.15, -0.1) is 5.10 Å². The maximum atomic E-state index is 5.34. The van der Waals surface area contributed by atoms with Crippen molar-refractivity contribution in [2.45, 2.75) is 6.42 Å². The van der Waals surface area contributed by atoms with Crippen LogP contribution in [0.4, 0.5) is 11.8 Å². The van der Waals surface area contributed by atoms with Gasteiger partial charge in [0.2, 0.25) is 5.95 Å². The highest BCUT2D eigenvalue weighted by molar-refractivity contribution is 5.36. The van der Waals surface area contributed by atoms with Crippen LogP contribution in [0.15, 0.2) is 6.20 Å². The molecule has 2 rings (SSSR count). The molecular formula is C14H27N7O. The van der Waals surface area contributed by atoms with Crippen LogP contribution in [-0.2, 0) is 4.74 Å². The van der Waals surface area contributed by atoms with E-state index in [0.29, 0.717) is 5.95 Å². The van der Waals surface area contributed by atoms with E-state index in [9.17, 15) is 0 Å². The lowest BCUT2D eigenvalue weighted by Gasteiger charge is -2.26. The fraction of sp³-hybridized carbons (Fsp3) is 0.786. The standard InChI is InChI=1S/C14H27N7O/c1-20(2)6-3-4-16-14-18-13(12-17-19-14)15-5-7-21-8-10-22-11-9-21/h12H,3-11H2,1-2H3,(H2,15,16,18,19). The SMILES string of the molecule is CN(C)CCCNc1nncc(NCCN2CCOCC2)n1. The Morgan fingerprint density at radius 3 is 2.82 bits per heavy atom. The highest BCUT2D eigenvalue weighted by Gasteiger charge is 2.09. The van der Waals surface area contributed by atoms with E-state index < -0.39 is 0 Å². The Bertz CT molecular complexity index is 423. The van der Waals surface area contributed by atoms with E-state index in [-0.39, 0.29) is 0 Å². The summed E-state index contributed by atoms with van der Waals surface area (Å²) in [6.45, 7) is 7.38. The largest absolute Gasteiger partial charge is 0.379 e. The summed E-state index contributed by atoms with van der Waals surface area (Å²) < 4.78 is 5.34. The summed E-state index contributed by atoms with van der Waals surface area (Å²) in [6.07, 6.45) is 2.70. The number of aromatic nitrogens is 3. The molecule has 0 unspecified atom stereocenters. The van der Waals surface area contributed by atoms with E-state index in [2.05, 4.69) is 49.7 Å². The average Bonchev–Trinajstić information content (AvgIpc) is 2.53. The second-order valence-corrected chi connectivity index (χ2v) is 5.63. The van der Waals surface area contributed by atoms with Crippen LogP contribution in [0.1, 0.15) is 6.42 Å². The third kappa shape index (κ3) is 6.50. The van der Waals surface area contributed by atoms with Crippen molar-refractivity contribution in [3.05, 3.63) is 6.20 Å². The predicted molar refractivity (Wildman–Crippen MR) is 87.2 cm³/mol. The molecule has 124 valence electrons. The van der Waals surface area contributed by atoms with Gasteiger partial charge in [-0.3, -0.25) is 4.90 Å². The second kappa shape index (κ2) is 9.50. The summed E-state index contributed by atoms with van der Waals surface area (Å²) in [5.41, 5.74) is 0. The van der Waals surface area contributed by atoms with Crippen molar-refractivity contribution in [3.8, 4) is 0 Å². The molecule has 1 aromatic heterocycles. The third-order valence-electron chi connectivity index (χ3n) is 3.46. The van der Waals surface area contributed by atoms with Crippen LogP contribution in [-0.4, -0.2) is 91.6 Å². The Kier molecular flexibility index (Phi) is 7.27. The van der Waals surface area contributed by atoms with Gasteiger partial charge in [0.05, 0.1) is 19.4 Å². The molecule has 2 N–H and O–H groups in total. The molecule has 0 bridgehead atoms. The van der Waals surface area contributed by atoms with Gasteiger partial charge in [0.1, 0.15) is 0 Å². The van der Waals surface area contributed by atoms with Gasteiger partial charge in [-0.25, -0.2) is 0 Å². The van der Waals surface area contributed by atoms with Gasteiger partial charge in [0.25, 0.3) is 0 Å². The molecule has 1 saturated heterocycles. The molecule has 1 fully saturated rings. The molecule has 0 radical (unpaired) electrons. The van der Waals surface area contributed by atoms with Gasteiger partial charge in [-0.2, -0.15) is 10.1 Å². The minimum atomic E-state index is 0.579. The number of nitrogens with one attached hydrogen (secondary N) is 2. The lowest BCUT2D eigenvalue weighted by atomic mass is 10.4. The molecular weight excluding hydrogens is 282 g/mol.